The molecule has 100 valence electrons. The summed E-state index contributed by atoms with van der Waals surface area (Å²) < 4.78 is 13.0. The second-order valence-electron chi connectivity index (χ2n) is 4.35. The lowest BCUT2D eigenvalue weighted by Gasteiger charge is -2.06. The fraction of sp³-hybridized carbons (Fsp3) is 0. The van der Waals surface area contributed by atoms with Crippen LogP contribution in [0.4, 0.5) is 10.2 Å². The lowest BCUT2D eigenvalue weighted by molar-refractivity contribution is 0.628. The number of hydrogen-bond donors (Lipinski definition) is 2. The van der Waals surface area contributed by atoms with Gasteiger partial charge in [-0.2, -0.15) is 5.10 Å². The monoisotopic (exact) mass is 287 g/mol. The van der Waals surface area contributed by atoms with Crippen molar-refractivity contribution in [3.8, 4) is 22.4 Å². The minimum absolute atomic E-state index is 0.291. The SMILES string of the molecule is Nc1n[nH]c(-c2ccc(F)cc2)c1-c1ccccc1Cl. The van der Waals surface area contributed by atoms with Crippen molar-refractivity contribution in [1.82, 2.24) is 10.2 Å². The number of nitrogens with one attached hydrogen (secondary N) is 1. The maximum absolute atomic E-state index is 13.0. The van der Waals surface area contributed by atoms with Crippen LogP contribution in [0.15, 0.2) is 48.5 Å². The van der Waals surface area contributed by atoms with Gasteiger partial charge in [0.05, 0.1) is 11.3 Å². The molecule has 1 heterocycles. The minimum Gasteiger partial charge on any atom is -0.382 e. The lowest BCUT2D eigenvalue weighted by Crippen LogP contribution is -1.89. The Bertz CT molecular complexity index is 750. The Labute approximate surface area is 120 Å². The normalized spacial score (nSPS) is 10.7. The van der Waals surface area contributed by atoms with Gasteiger partial charge in [0.25, 0.3) is 0 Å². The number of rotatable bonds is 2. The summed E-state index contributed by atoms with van der Waals surface area (Å²) in [5, 5.41) is 7.50. The highest BCUT2D eigenvalue weighted by molar-refractivity contribution is 6.33. The first-order valence-corrected chi connectivity index (χ1v) is 6.39. The van der Waals surface area contributed by atoms with Crippen LogP contribution in [0.3, 0.4) is 0 Å². The van der Waals surface area contributed by atoms with Crippen LogP contribution >= 0.6 is 11.6 Å². The summed E-state index contributed by atoms with van der Waals surface area (Å²) in [6.45, 7) is 0. The van der Waals surface area contributed by atoms with Crippen LogP contribution < -0.4 is 5.73 Å². The van der Waals surface area contributed by atoms with Gasteiger partial charge in [0, 0.05) is 16.1 Å². The van der Waals surface area contributed by atoms with E-state index in [2.05, 4.69) is 10.2 Å². The second-order valence-corrected chi connectivity index (χ2v) is 4.75. The van der Waals surface area contributed by atoms with Crippen LogP contribution in [-0.2, 0) is 0 Å². The highest BCUT2D eigenvalue weighted by Crippen LogP contribution is 2.38. The topological polar surface area (TPSA) is 54.7 Å². The number of aromatic amines is 1. The van der Waals surface area contributed by atoms with Crippen molar-refractivity contribution in [2.45, 2.75) is 0 Å². The average Bonchev–Trinajstić information content (AvgIpc) is 2.82. The highest BCUT2D eigenvalue weighted by atomic mass is 35.5. The van der Waals surface area contributed by atoms with Gasteiger partial charge in [-0.1, -0.05) is 29.8 Å². The molecule has 0 spiro atoms. The number of nitrogen functional groups attached to an aromatic ring is 1. The van der Waals surface area contributed by atoms with E-state index in [0.29, 0.717) is 10.8 Å². The molecule has 3 nitrogen and oxygen atoms in total. The first kappa shape index (κ1) is 12.7. The number of nitrogens with zero attached hydrogens (tertiary/aromatic N) is 1. The number of nitrogens with two attached hydrogens (primary N) is 1. The number of benzene rings is 2. The first-order valence-electron chi connectivity index (χ1n) is 6.01. The van der Waals surface area contributed by atoms with Crippen molar-refractivity contribution < 1.29 is 4.39 Å². The molecule has 5 heteroatoms. The molecule has 1 aromatic heterocycles. The molecule has 0 aliphatic carbocycles. The summed E-state index contributed by atoms with van der Waals surface area (Å²) in [5.74, 6) is 0.0676. The van der Waals surface area contributed by atoms with E-state index < -0.39 is 0 Å². The van der Waals surface area contributed by atoms with Crippen LogP contribution in [0.5, 0.6) is 0 Å². The Kier molecular flexibility index (Phi) is 3.16. The summed E-state index contributed by atoms with van der Waals surface area (Å²) in [5.41, 5.74) is 8.97. The van der Waals surface area contributed by atoms with Gasteiger partial charge in [0.1, 0.15) is 5.82 Å². The largest absolute Gasteiger partial charge is 0.382 e. The van der Waals surface area contributed by atoms with Crippen molar-refractivity contribution in [3.05, 3.63) is 59.4 Å². The minimum atomic E-state index is -0.291. The summed E-state index contributed by atoms with van der Waals surface area (Å²) in [4.78, 5) is 0. The fourth-order valence-electron chi connectivity index (χ4n) is 2.12. The molecular formula is C15H11ClFN3. The van der Waals surface area contributed by atoms with Gasteiger partial charge in [-0.3, -0.25) is 5.10 Å². The number of halogens is 2. The predicted molar refractivity (Wildman–Crippen MR) is 78.8 cm³/mol. The van der Waals surface area contributed by atoms with Gasteiger partial charge in [-0.25, -0.2) is 4.39 Å². The third-order valence-corrected chi connectivity index (χ3v) is 3.40. The molecule has 0 fully saturated rings. The number of hydrogen-bond acceptors (Lipinski definition) is 2. The first-order chi connectivity index (χ1) is 9.66. The Hall–Kier alpha value is -2.33. The van der Waals surface area contributed by atoms with Gasteiger partial charge < -0.3 is 5.73 Å². The molecule has 3 rings (SSSR count). The summed E-state index contributed by atoms with van der Waals surface area (Å²) >= 11 is 6.22. The Morgan fingerprint density at radius 3 is 2.45 bits per heavy atom. The number of H-pyrrole nitrogens is 1. The van der Waals surface area contributed by atoms with Gasteiger partial charge in [-0.05, 0) is 30.3 Å². The Morgan fingerprint density at radius 2 is 1.75 bits per heavy atom. The van der Waals surface area contributed by atoms with Gasteiger partial charge in [-0.15, -0.1) is 0 Å². The van der Waals surface area contributed by atoms with Crippen molar-refractivity contribution >= 4 is 17.4 Å². The third kappa shape index (κ3) is 2.14. The van der Waals surface area contributed by atoms with E-state index in [1.54, 1.807) is 18.2 Å². The maximum Gasteiger partial charge on any atom is 0.153 e. The van der Waals surface area contributed by atoms with Crippen LogP contribution in [0.25, 0.3) is 22.4 Å². The maximum atomic E-state index is 13.0. The highest BCUT2D eigenvalue weighted by Gasteiger charge is 2.16. The molecule has 3 N–H and O–H groups in total. The zero-order valence-electron chi connectivity index (χ0n) is 10.4. The summed E-state index contributed by atoms with van der Waals surface area (Å²) in [7, 11) is 0. The van der Waals surface area contributed by atoms with E-state index in [1.807, 2.05) is 18.2 Å². The van der Waals surface area contributed by atoms with E-state index in [-0.39, 0.29) is 5.82 Å². The lowest BCUT2D eigenvalue weighted by atomic mass is 10.0. The van der Waals surface area contributed by atoms with Gasteiger partial charge in [0.15, 0.2) is 5.82 Å². The molecule has 0 saturated carbocycles. The van der Waals surface area contributed by atoms with Crippen LogP contribution in [0.2, 0.25) is 5.02 Å². The fourth-order valence-corrected chi connectivity index (χ4v) is 2.35. The smallest absolute Gasteiger partial charge is 0.153 e. The van der Waals surface area contributed by atoms with Crippen molar-refractivity contribution in [2.75, 3.05) is 5.73 Å². The number of anilines is 1. The summed E-state index contributed by atoms with van der Waals surface area (Å²) in [6.07, 6.45) is 0. The quantitative estimate of drug-likeness (QED) is 0.745. The van der Waals surface area contributed by atoms with Crippen molar-refractivity contribution in [3.63, 3.8) is 0 Å². The zero-order chi connectivity index (χ0) is 14.1. The summed E-state index contributed by atoms with van der Waals surface area (Å²) in [6, 6.07) is 13.5. The molecule has 0 amide bonds. The molecule has 0 atom stereocenters. The molecule has 0 aliphatic heterocycles. The molecule has 20 heavy (non-hydrogen) atoms. The van der Waals surface area contributed by atoms with E-state index >= 15 is 0 Å². The standard InChI is InChI=1S/C15H11ClFN3/c16-12-4-2-1-3-11(12)13-14(19-20-15(13)18)9-5-7-10(17)8-6-9/h1-8H,(H3,18,19,20). The van der Waals surface area contributed by atoms with Crippen LogP contribution in [0.1, 0.15) is 0 Å². The Morgan fingerprint density at radius 1 is 1.05 bits per heavy atom. The zero-order valence-corrected chi connectivity index (χ0v) is 11.2. The van der Waals surface area contributed by atoms with Crippen molar-refractivity contribution in [2.24, 2.45) is 0 Å². The van der Waals surface area contributed by atoms with Crippen molar-refractivity contribution in [1.29, 1.82) is 0 Å². The molecule has 0 aliphatic rings. The van der Waals surface area contributed by atoms with E-state index in [4.69, 9.17) is 17.3 Å². The third-order valence-electron chi connectivity index (χ3n) is 3.07. The predicted octanol–water partition coefficient (Wildman–Crippen LogP) is 4.12. The van der Waals surface area contributed by atoms with Gasteiger partial charge in [0.2, 0.25) is 0 Å². The van der Waals surface area contributed by atoms with Gasteiger partial charge >= 0.3 is 0 Å². The van der Waals surface area contributed by atoms with Crippen LogP contribution in [0, 0.1) is 5.82 Å². The molecule has 0 bridgehead atoms. The molecule has 0 unspecified atom stereocenters. The second kappa shape index (κ2) is 4.98. The Balaban J connectivity index is 2.20. The molecule has 0 radical (unpaired) electrons. The number of aromatic nitrogens is 2. The van der Waals surface area contributed by atoms with E-state index in [9.17, 15) is 4.39 Å². The van der Waals surface area contributed by atoms with E-state index in [1.165, 1.54) is 12.1 Å². The molecular weight excluding hydrogens is 277 g/mol. The molecule has 3 aromatic rings. The molecule has 2 aromatic carbocycles. The van der Waals surface area contributed by atoms with E-state index in [0.717, 1.165) is 22.4 Å². The van der Waals surface area contributed by atoms with Crippen LogP contribution in [-0.4, -0.2) is 10.2 Å². The average molecular weight is 288 g/mol. The molecule has 0 saturated heterocycles.